The van der Waals surface area contributed by atoms with E-state index in [0.717, 1.165) is 11.1 Å². The summed E-state index contributed by atoms with van der Waals surface area (Å²) in [7, 11) is 0. The number of anilines is 1. The Bertz CT molecular complexity index is 696. The van der Waals surface area contributed by atoms with Crippen LogP contribution in [0, 0.1) is 24.0 Å². The van der Waals surface area contributed by atoms with Crippen LogP contribution in [0.3, 0.4) is 0 Å². The number of benzene rings is 2. The summed E-state index contributed by atoms with van der Waals surface area (Å²) in [6, 6.07) is 11.3. The van der Waals surface area contributed by atoms with E-state index in [4.69, 9.17) is 4.74 Å². The topological polar surface area (TPSA) is 81.5 Å². The van der Waals surface area contributed by atoms with E-state index in [1.165, 1.54) is 24.3 Å². The van der Waals surface area contributed by atoms with Gasteiger partial charge in [-0.2, -0.15) is 0 Å². The molecule has 0 saturated carbocycles. The zero-order chi connectivity index (χ0) is 16.1. The molecule has 0 aliphatic carbocycles. The van der Waals surface area contributed by atoms with E-state index in [1.807, 2.05) is 32.0 Å². The minimum Gasteiger partial charge on any atom is -0.483 e. The largest absolute Gasteiger partial charge is 0.483 e. The van der Waals surface area contributed by atoms with E-state index in [-0.39, 0.29) is 18.2 Å². The monoisotopic (exact) mass is 300 g/mol. The second kappa shape index (κ2) is 6.71. The highest BCUT2D eigenvalue weighted by Gasteiger charge is 2.08. The van der Waals surface area contributed by atoms with Crippen molar-refractivity contribution in [2.24, 2.45) is 0 Å². The summed E-state index contributed by atoms with van der Waals surface area (Å²) < 4.78 is 5.49. The van der Waals surface area contributed by atoms with Gasteiger partial charge in [0.15, 0.2) is 6.61 Å². The Hall–Kier alpha value is -2.89. The molecule has 0 heterocycles. The Labute approximate surface area is 127 Å². The zero-order valence-electron chi connectivity index (χ0n) is 12.3. The van der Waals surface area contributed by atoms with Gasteiger partial charge in [-0.05, 0) is 43.2 Å². The highest BCUT2D eigenvalue weighted by Crippen LogP contribution is 2.20. The molecule has 0 fully saturated rings. The fourth-order valence-electron chi connectivity index (χ4n) is 1.89. The van der Waals surface area contributed by atoms with Gasteiger partial charge < -0.3 is 10.1 Å². The molecule has 0 aromatic heterocycles. The van der Waals surface area contributed by atoms with Crippen LogP contribution in [0.2, 0.25) is 0 Å². The second-order valence-corrected chi connectivity index (χ2v) is 4.84. The second-order valence-electron chi connectivity index (χ2n) is 4.84. The van der Waals surface area contributed by atoms with Crippen molar-refractivity contribution in [3.63, 3.8) is 0 Å². The molecule has 6 nitrogen and oxygen atoms in total. The third kappa shape index (κ3) is 3.82. The molecule has 6 heteroatoms. The lowest BCUT2D eigenvalue weighted by atomic mass is 10.1. The summed E-state index contributed by atoms with van der Waals surface area (Å²) in [5, 5.41) is 13.2. The Kier molecular flexibility index (Phi) is 4.73. The first-order chi connectivity index (χ1) is 10.5. The lowest BCUT2D eigenvalue weighted by Crippen LogP contribution is -2.20. The minimum absolute atomic E-state index is 0.0235. The molecule has 0 unspecified atom stereocenters. The summed E-state index contributed by atoms with van der Waals surface area (Å²) in [5.41, 5.74) is 2.55. The Morgan fingerprint density at radius 2 is 1.86 bits per heavy atom. The summed E-state index contributed by atoms with van der Waals surface area (Å²) in [4.78, 5) is 21.9. The van der Waals surface area contributed by atoms with Gasteiger partial charge in [-0.3, -0.25) is 14.9 Å². The maximum Gasteiger partial charge on any atom is 0.269 e. The molecule has 0 saturated heterocycles. The van der Waals surface area contributed by atoms with Gasteiger partial charge in [0.1, 0.15) is 5.75 Å². The lowest BCUT2D eigenvalue weighted by molar-refractivity contribution is -0.384. The number of nitro benzene ring substituents is 1. The molecule has 114 valence electrons. The fraction of sp³-hybridized carbons (Fsp3) is 0.188. The number of carbonyl (C=O) groups is 1. The molecular formula is C16H16N2O4. The first-order valence-corrected chi connectivity index (χ1v) is 6.70. The van der Waals surface area contributed by atoms with Gasteiger partial charge in [-0.1, -0.05) is 12.1 Å². The van der Waals surface area contributed by atoms with Crippen LogP contribution in [0.5, 0.6) is 5.75 Å². The van der Waals surface area contributed by atoms with Gasteiger partial charge in [0.25, 0.3) is 11.6 Å². The SMILES string of the molecule is Cc1cccc(OCC(=O)Nc2ccc([N+](=O)[O-])cc2)c1C. The van der Waals surface area contributed by atoms with Crippen molar-refractivity contribution in [3.8, 4) is 5.75 Å². The third-order valence-corrected chi connectivity index (χ3v) is 3.28. The van der Waals surface area contributed by atoms with E-state index < -0.39 is 4.92 Å². The highest BCUT2D eigenvalue weighted by atomic mass is 16.6. The van der Waals surface area contributed by atoms with Crippen LogP contribution in [-0.4, -0.2) is 17.4 Å². The van der Waals surface area contributed by atoms with E-state index in [1.54, 1.807) is 0 Å². The number of nitro groups is 1. The van der Waals surface area contributed by atoms with Crippen molar-refractivity contribution in [1.29, 1.82) is 0 Å². The number of nitrogens with one attached hydrogen (secondary N) is 1. The van der Waals surface area contributed by atoms with Gasteiger partial charge in [-0.25, -0.2) is 0 Å². The molecule has 0 bridgehead atoms. The number of rotatable bonds is 5. The quantitative estimate of drug-likeness (QED) is 0.679. The number of carbonyl (C=O) groups excluding carboxylic acids is 1. The van der Waals surface area contributed by atoms with Gasteiger partial charge in [0, 0.05) is 17.8 Å². The Morgan fingerprint density at radius 3 is 2.50 bits per heavy atom. The number of amides is 1. The van der Waals surface area contributed by atoms with Gasteiger partial charge in [-0.15, -0.1) is 0 Å². The molecule has 2 rings (SSSR count). The summed E-state index contributed by atoms with van der Waals surface area (Å²) in [5.74, 6) is 0.341. The third-order valence-electron chi connectivity index (χ3n) is 3.28. The molecule has 0 aliphatic rings. The van der Waals surface area contributed by atoms with Crippen LogP contribution in [-0.2, 0) is 4.79 Å². The van der Waals surface area contributed by atoms with E-state index >= 15 is 0 Å². The Morgan fingerprint density at radius 1 is 1.18 bits per heavy atom. The molecule has 0 radical (unpaired) electrons. The van der Waals surface area contributed by atoms with Crippen LogP contribution in [0.15, 0.2) is 42.5 Å². The molecule has 22 heavy (non-hydrogen) atoms. The predicted molar refractivity (Wildman–Crippen MR) is 83.1 cm³/mol. The first-order valence-electron chi connectivity index (χ1n) is 6.70. The molecular weight excluding hydrogens is 284 g/mol. The van der Waals surface area contributed by atoms with Crippen LogP contribution in [0.25, 0.3) is 0 Å². The fourth-order valence-corrected chi connectivity index (χ4v) is 1.89. The number of hydrogen-bond acceptors (Lipinski definition) is 4. The normalized spacial score (nSPS) is 10.1. The first kappa shape index (κ1) is 15.5. The van der Waals surface area contributed by atoms with E-state index in [2.05, 4.69) is 5.32 Å². The van der Waals surface area contributed by atoms with E-state index in [0.29, 0.717) is 11.4 Å². The molecule has 1 N–H and O–H groups in total. The number of ether oxygens (including phenoxy) is 1. The molecule has 0 atom stereocenters. The number of non-ortho nitro benzene ring substituents is 1. The van der Waals surface area contributed by atoms with Crippen LogP contribution >= 0.6 is 0 Å². The van der Waals surface area contributed by atoms with Gasteiger partial charge >= 0.3 is 0 Å². The number of nitrogens with zero attached hydrogens (tertiary/aromatic N) is 1. The minimum atomic E-state index is -0.491. The Balaban J connectivity index is 1.93. The van der Waals surface area contributed by atoms with Crippen molar-refractivity contribution < 1.29 is 14.5 Å². The van der Waals surface area contributed by atoms with Crippen LogP contribution in [0.4, 0.5) is 11.4 Å². The number of aryl methyl sites for hydroxylation is 1. The van der Waals surface area contributed by atoms with Crippen molar-refractivity contribution in [1.82, 2.24) is 0 Å². The molecule has 0 spiro atoms. The zero-order valence-corrected chi connectivity index (χ0v) is 12.3. The van der Waals surface area contributed by atoms with Gasteiger partial charge in [0.2, 0.25) is 0 Å². The summed E-state index contributed by atoms with van der Waals surface area (Å²) >= 11 is 0. The van der Waals surface area contributed by atoms with E-state index in [9.17, 15) is 14.9 Å². The average molecular weight is 300 g/mol. The van der Waals surface area contributed by atoms with Crippen molar-refractivity contribution in [2.75, 3.05) is 11.9 Å². The summed E-state index contributed by atoms with van der Waals surface area (Å²) in [6.45, 7) is 3.78. The average Bonchev–Trinajstić information content (AvgIpc) is 2.49. The predicted octanol–water partition coefficient (Wildman–Crippen LogP) is 3.23. The van der Waals surface area contributed by atoms with Crippen molar-refractivity contribution in [2.45, 2.75) is 13.8 Å². The summed E-state index contributed by atoms with van der Waals surface area (Å²) in [6.07, 6.45) is 0. The van der Waals surface area contributed by atoms with Crippen molar-refractivity contribution >= 4 is 17.3 Å². The molecule has 2 aromatic rings. The molecule has 1 amide bonds. The number of hydrogen-bond donors (Lipinski definition) is 1. The molecule has 2 aromatic carbocycles. The maximum absolute atomic E-state index is 11.8. The lowest BCUT2D eigenvalue weighted by Gasteiger charge is -2.11. The standard InChI is InChI=1S/C16H16N2O4/c1-11-4-3-5-15(12(11)2)22-10-16(19)17-13-6-8-14(9-7-13)18(20)21/h3-9H,10H2,1-2H3,(H,17,19). The van der Waals surface area contributed by atoms with Crippen LogP contribution < -0.4 is 10.1 Å². The highest BCUT2D eigenvalue weighted by molar-refractivity contribution is 5.91. The van der Waals surface area contributed by atoms with Gasteiger partial charge in [0.05, 0.1) is 4.92 Å². The maximum atomic E-state index is 11.8. The smallest absolute Gasteiger partial charge is 0.269 e. The van der Waals surface area contributed by atoms with Crippen molar-refractivity contribution in [3.05, 3.63) is 63.7 Å². The van der Waals surface area contributed by atoms with Crippen LogP contribution in [0.1, 0.15) is 11.1 Å². The molecule has 0 aliphatic heterocycles.